The quantitative estimate of drug-likeness (QED) is 0.726. The highest BCUT2D eigenvalue weighted by atomic mass is 35.5. The number of carbonyl (C=O) groups excluding carboxylic acids is 1. The first-order chi connectivity index (χ1) is 8.19. The van der Waals surface area contributed by atoms with Gasteiger partial charge in [-0.3, -0.25) is 4.79 Å². The average Bonchev–Trinajstić information content (AvgIpc) is 2.36. The van der Waals surface area contributed by atoms with E-state index >= 15 is 0 Å². The second kappa shape index (κ2) is 7.97. The number of halogens is 1. The van der Waals surface area contributed by atoms with Crippen molar-refractivity contribution in [2.45, 2.75) is 52.4 Å². The zero-order chi connectivity index (χ0) is 12.7. The minimum atomic E-state index is 0.151. The van der Waals surface area contributed by atoms with Gasteiger partial charge in [0.15, 0.2) is 0 Å². The van der Waals surface area contributed by atoms with Crippen LogP contribution in [-0.4, -0.2) is 18.3 Å². The maximum Gasteiger partial charge on any atom is 0.222 e. The second-order valence-corrected chi connectivity index (χ2v) is 5.70. The predicted molar refractivity (Wildman–Crippen MR) is 73.2 cm³/mol. The molecule has 1 aliphatic rings. The number of amides is 1. The highest BCUT2D eigenvalue weighted by molar-refractivity contribution is 6.18. The van der Waals surface area contributed by atoms with E-state index in [1.807, 2.05) is 6.92 Å². The van der Waals surface area contributed by atoms with Crippen molar-refractivity contribution in [1.82, 2.24) is 5.32 Å². The zero-order valence-corrected chi connectivity index (χ0v) is 11.9. The van der Waals surface area contributed by atoms with Crippen LogP contribution < -0.4 is 5.32 Å². The predicted octanol–water partition coefficient (Wildman–Crippen LogP) is 3.58. The average molecular weight is 260 g/mol. The summed E-state index contributed by atoms with van der Waals surface area (Å²) in [4.78, 5) is 11.8. The van der Waals surface area contributed by atoms with Gasteiger partial charge in [0.05, 0.1) is 0 Å². The van der Waals surface area contributed by atoms with Crippen LogP contribution in [-0.2, 0) is 4.79 Å². The summed E-state index contributed by atoms with van der Waals surface area (Å²) < 4.78 is 0. The molecule has 0 bridgehead atoms. The highest BCUT2D eigenvalue weighted by Gasteiger charge is 2.25. The van der Waals surface area contributed by atoms with Crippen LogP contribution in [0.1, 0.15) is 52.4 Å². The number of alkyl halides is 1. The molecule has 0 heterocycles. The van der Waals surface area contributed by atoms with E-state index in [0.717, 1.165) is 25.3 Å². The molecule has 1 N–H and O–H groups in total. The Hall–Kier alpha value is -0.240. The summed E-state index contributed by atoms with van der Waals surface area (Å²) in [5, 5.41) is 3.10. The lowest BCUT2D eigenvalue weighted by Crippen LogP contribution is -2.37. The van der Waals surface area contributed by atoms with Crippen molar-refractivity contribution < 1.29 is 4.79 Å². The largest absolute Gasteiger partial charge is 0.356 e. The van der Waals surface area contributed by atoms with Gasteiger partial charge in [0.2, 0.25) is 5.91 Å². The van der Waals surface area contributed by atoms with Gasteiger partial charge in [-0.05, 0) is 31.1 Å². The van der Waals surface area contributed by atoms with Gasteiger partial charge in [0.25, 0.3) is 0 Å². The molecule has 1 saturated carbocycles. The highest BCUT2D eigenvalue weighted by Crippen LogP contribution is 2.30. The molecule has 0 aromatic heterocycles. The SMILES string of the molecule is CCCC(C)C(=O)NCC1CCCCC1CCl. The Morgan fingerprint density at radius 3 is 2.59 bits per heavy atom. The first-order valence-electron chi connectivity index (χ1n) is 7.02. The van der Waals surface area contributed by atoms with Crippen molar-refractivity contribution in [2.24, 2.45) is 17.8 Å². The number of nitrogens with one attached hydrogen (secondary N) is 1. The van der Waals surface area contributed by atoms with E-state index in [1.165, 1.54) is 25.7 Å². The van der Waals surface area contributed by atoms with E-state index in [2.05, 4.69) is 12.2 Å². The smallest absolute Gasteiger partial charge is 0.222 e. The van der Waals surface area contributed by atoms with Crippen LogP contribution >= 0.6 is 11.6 Å². The van der Waals surface area contributed by atoms with Gasteiger partial charge in [-0.15, -0.1) is 11.6 Å². The Bertz CT molecular complexity index is 232. The number of hydrogen-bond donors (Lipinski definition) is 1. The zero-order valence-electron chi connectivity index (χ0n) is 11.2. The number of carbonyl (C=O) groups is 1. The molecule has 1 fully saturated rings. The van der Waals surface area contributed by atoms with Gasteiger partial charge < -0.3 is 5.32 Å². The molecule has 0 aliphatic heterocycles. The fourth-order valence-corrected chi connectivity index (χ4v) is 3.13. The van der Waals surface area contributed by atoms with Crippen molar-refractivity contribution in [3.05, 3.63) is 0 Å². The molecule has 0 spiro atoms. The first-order valence-corrected chi connectivity index (χ1v) is 7.56. The molecule has 0 aromatic rings. The monoisotopic (exact) mass is 259 g/mol. The summed E-state index contributed by atoms with van der Waals surface area (Å²) in [7, 11) is 0. The number of hydrogen-bond acceptors (Lipinski definition) is 1. The minimum absolute atomic E-state index is 0.151. The maximum absolute atomic E-state index is 11.8. The second-order valence-electron chi connectivity index (χ2n) is 5.39. The topological polar surface area (TPSA) is 29.1 Å². The van der Waals surface area contributed by atoms with Crippen molar-refractivity contribution in [2.75, 3.05) is 12.4 Å². The minimum Gasteiger partial charge on any atom is -0.356 e. The van der Waals surface area contributed by atoms with Crippen LogP contribution in [0.5, 0.6) is 0 Å². The van der Waals surface area contributed by atoms with Gasteiger partial charge in [0, 0.05) is 18.3 Å². The lowest BCUT2D eigenvalue weighted by atomic mass is 9.80. The fraction of sp³-hybridized carbons (Fsp3) is 0.929. The normalized spacial score (nSPS) is 26.5. The summed E-state index contributed by atoms with van der Waals surface area (Å²) in [6.07, 6.45) is 7.10. The Balaban J connectivity index is 2.30. The third kappa shape index (κ3) is 4.87. The van der Waals surface area contributed by atoms with E-state index in [4.69, 9.17) is 11.6 Å². The molecule has 17 heavy (non-hydrogen) atoms. The van der Waals surface area contributed by atoms with Crippen LogP contribution in [0.3, 0.4) is 0 Å². The number of rotatable bonds is 6. The van der Waals surface area contributed by atoms with E-state index in [0.29, 0.717) is 11.8 Å². The summed E-state index contributed by atoms with van der Waals surface area (Å²) in [5.41, 5.74) is 0. The summed E-state index contributed by atoms with van der Waals surface area (Å²) in [6, 6.07) is 0. The van der Waals surface area contributed by atoms with Crippen LogP contribution in [0.15, 0.2) is 0 Å². The molecule has 3 heteroatoms. The molecule has 1 aliphatic carbocycles. The molecule has 1 rings (SSSR count). The van der Waals surface area contributed by atoms with Crippen molar-refractivity contribution in [1.29, 1.82) is 0 Å². The van der Waals surface area contributed by atoms with Gasteiger partial charge >= 0.3 is 0 Å². The Kier molecular flexibility index (Phi) is 6.94. The third-order valence-corrected chi connectivity index (χ3v) is 4.37. The Morgan fingerprint density at radius 1 is 1.35 bits per heavy atom. The molecule has 1 amide bonds. The van der Waals surface area contributed by atoms with Crippen LogP contribution in [0.4, 0.5) is 0 Å². The summed E-state index contributed by atoms with van der Waals surface area (Å²) in [6.45, 7) is 4.96. The molecule has 2 nitrogen and oxygen atoms in total. The Morgan fingerprint density at radius 2 is 2.00 bits per heavy atom. The van der Waals surface area contributed by atoms with Gasteiger partial charge in [-0.1, -0.05) is 33.1 Å². The van der Waals surface area contributed by atoms with Crippen molar-refractivity contribution in [3.8, 4) is 0 Å². The molecule has 3 atom stereocenters. The lowest BCUT2D eigenvalue weighted by molar-refractivity contribution is -0.125. The molecule has 0 radical (unpaired) electrons. The maximum atomic E-state index is 11.8. The third-order valence-electron chi connectivity index (χ3n) is 3.97. The van der Waals surface area contributed by atoms with E-state index < -0.39 is 0 Å². The van der Waals surface area contributed by atoms with Crippen LogP contribution in [0, 0.1) is 17.8 Å². The van der Waals surface area contributed by atoms with Crippen LogP contribution in [0.25, 0.3) is 0 Å². The molecule has 0 aromatic carbocycles. The molecule has 0 saturated heterocycles. The first kappa shape index (κ1) is 14.8. The van der Waals surface area contributed by atoms with Gasteiger partial charge in [0.1, 0.15) is 0 Å². The lowest BCUT2D eigenvalue weighted by Gasteiger charge is -2.30. The Labute approximate surface area is 110 Å². The van der Waals surface area contributed by atoms with E-state index in [1.54, 1.807) is 0 Å². The summed E-state index contributed by atoms with van der Waals surface area (Å²) in [5.74, 6) is 2.31. The van der Waals surface area contributed by atoms with Gasteiger partial charge in [-0.2, -0.15) is 0 Å². The van der Waals surface area contributed by atoms with Gasteiger partial charge in [-0.25, -0.2) is 0 Å². The molecule has 3 unspecified atom stereocenters. The fourth-order valence-electron chi connectivity index (χ4n) is 2.73. The standard InChI is InChI=1S/C14H26ClNO/c1-3-6-11(2)14(17)16-10-13-8-5-4-7-12(13)9-15/h11-13H,3-10H2,1-2H3,(H,16,17). The van der Waals surface area contributed by atoms with E-state index in [-0.39, 0.29) is 11.8 Å². The molecular formula is C14H26ClNO. The van der Waals surface area contributed by atoms with Crippen LogP contribution in [0.2, 0.25) is 0 Å². The summed E-state index contributed by atoms with van der Waals surface area (Å²) >= 11 is 5.99. The van der Waals surface area contributed by atoms with Crippen molar-refractivity contribution >= 4 is 17.5 Å². The molecular weight excluding hydrogens is 234 g/mol. The van der Waals surface area contributed by atoms with Crippen molar-refractivity contribution in [3.63, 3.8) is 0 Å². The van der Waals surface area contributed by atoms with E-state index in [9.17, 15) is 4.79 Å². The molecule has 100 valence electrons.